The second-order valence-electron chi connectivity index (χ2n) is 5.14. The number of non-ortho nitro benzene ring substituents is 1. The normalized spacial score (nSPS) is 14.0. The molecule has 2 amide bonds. The van der Waals surface area contributed by atoms with Gasteiger partial charge in [0.25, 0.3) is 11.6 Å². The van der Waals surface area contributed by atoms with Crippen LogP contribution in [0.4, 0.5) is 5.69 Å². The molecule has 1 aromatic carbocycles. The van der Waals surface area contributed by atoms with Gasteiger partial charge in [0.2, 0.25) is 5.91 Å². The van der Waals surface area contributed by atoms with E-state index in [4.69, 9.17) is 0 Å². The number of hydrogen-bond acceptors (Lipinski definition) is 5. The quantitative estimate of drug-likeness (QED) is 0.486. The molecule has 0 unspecified atom stereocenters. The van der Waals surface area contributed by atoms with Gasteiger partial charge in [0.15, 0.2) is 0 Å². The van der Waals surface area contributed by atoms with Crippen LogP contribution in [0.25, 0.3) is 0 Å². The molecule has 22 heavy (non-hydrogen) atoms. The first kappa shape index (κ1) is 15.9. The zero-order valence-electron chi connectivity index (χ0n) is 12.0. The number of nitro benzene ring substituents is 1. The molecule has 1 saturated heterocycles. The van der Waals surface area contributed by atoms with Crippen LogP contribution in [0.3, 0.4) is 0 Å². The third-order valence-corrected chi connectivity index (χ3v) is 3.43. The molecule has 0 saturated carbocycles. The molecule has 0 atom stereocenters. The molecule has 0 aromatic heterocycles. The lowest BCUT2D eigenvalue weighted by molar-refractivity contribution is -0.384. The zero-order valence-corrected chi connectivity index (χ0v) is 12.0. The molecule has 0 spiro atoms. The maximum atomic E-state index is 11.8. The van der Waals surface area contributed by atoms with E-state index < -0.39 is 4.92 Å². The van der Waals surface area contributed by atoms with E-state index >= 15 is 0 Å². The number of hydrogen-bond donors (Lipinski definition) is 3. The maximum absolute atomic E-state index is 11.8. The topological polar surface area (TPSA) is 113 Å². The molecule has 8 nitrogen and oxygen atoms in total. The van der Waals surface area contributed by atoms with E-state index in [1.165, 1.54) is 24.3 Å². The summed E-state index contributed by atoms with van der Waals surface area (Å²) in [4.78, 5) is 33.4. The van der Waals surface area contributed by atoms with Crippen LogP contribution in [0.2, 0.25) is 0 Å². The van der Waals surface area contributed by atoms with Crippen molar-refractivity contribution in [2.75, 3.05) is 26.2 Å². The zero-order chi connectivity index (χ0) is 15.9. The Balaban J connectivity index is 1.68. The predicted molar refractivity (Wildman–Crippen MR) is 79.4 cm³/mol. The van der Waals surface area contributed by atoms with Crippen LogP contribution in [0.5, 0.6) is 0 Å². The smallest absolute Gasteiger partial charge is 0.269 e. The Morgan fingerprint density at radius 3 is 2.45 bits per heavy atom. The van der Waals surface area contributed by atoms with Crippen LogP contribution < -0.4 is 16.0 Å². The Labute approximate surface area is 127 Å². The third kappa shape index (κ3) is 4.52. The van der Waals surface area contributed by atoms with Crippen LogP contribution in [-0.2, 0) is 4.79 Å². The molecule has 118 valence electrons. The number of benzene rings is 1. The first-order valence-electron chi connectivity index (χ1n) is 7.06. The Hall–Kier alpha value is -2.48. The minimum Gasteiger partial charge on any atom is -0.356 e. The molecule has 1 fully saturated rings. The second-order valence-corrected chi connectivity index (χ2v) is 5.14. The highest BCUT2D eigenvalue weighted by Crippen LogP contribution is 2.11. The number of nitro groups is 1. The average Bonchev–Trinajstić information content (AvgIpc) is 2.45. The summed E-state index contributed by atoms with van der Waals surface area (Å²) in [5.41, 5.74) is 0.257. The Kier molecular flexibility index (Phi) is 5.42. The van der Waals surface area contributed by atoms with Crippen molar-refractivity contribution in [1.82, 2.24) is 16.0 Å². The van der Waals surface area contributed by atoms with E-state index in [0.29, 0.717) is 18.0 Å². The third-order valence-electron chi connectivity index (χ3n) is 3.43. The van der Waals surface area contributed by atoms with E-state index in [1.807, 2.05) is 0 Å². The molecule has 1 aromatic rings. The minimum atomic E-state index is -0.524. The molecule has 2 rings (SSSR count). The van der Waals surface area contributed by atoms with Gasteiger partial charge in [-0.25, -0.2) is 0 Å². The van der Waals surface area contributed by atoms with Gasteiger partial charge in [-0.15, -0.1) is 0 Å². The van der Waals surface area contributed by atoms with Crippen molar-refractivity contribution < 1.29 is 14.5 Å². The van der Waals surface area contributed by atoms with Gasteiger partial charge in [-0.1, -0.05) is 0 Å². The van der Waals surface area contributed by atoms with Gasteiger partial charge in [0, 0.05) is 56.2 Å². The first-order valence-corrected chi connectivity index (χ1v) is 7.06. The van der Waals surface area contributed by atoms with Gasteiger partial charge in [0.1, 0.15) is 0 Å². The van der Waals surface area contributed by atoms with E-state index in [9.17, 15) is 19.7 Å². The van der Waals surface area contributed by atoms with Crippen LogP contribution in [0.1, 0.15) is 16.8 Å². The molecule has 3 N–H and O–H groups in total. The van der Waals surface area contributed by atoms with Gasteiger partial charge < -0.3 is 16.0 Å². The van der Waals surface area contributed by atoms with Gasteiger partial charge in [-0.3, -0.25) is 19.7 Å². The van der Waals surface area contributed by atoms with Crippen molar-refractivity contribution >= 4 is 17.5 Å². The molecular formula is C14H18N4O4. The number of nitrogens with one attached hydrogen (secondary N) is 3. The largest absolute Gasteiger partial charge is 0.356 e. The van der Waals surface area contributed by atoms with Crippen LogP contribution in [-0.4, -0.2) is 42.9 Å². The van der Waals surface area contributed by atoms with Gasteiger partial charge in [0.05, 0.1) is 4.92 Å². The Bertz CT molecular complexity index is 554. The van der Waals surface area contributed by atoms with Crippen molar-refractivity contribution in [3.05, 3.63) is 39.9 Å². The van der Waals surface area contributed by atoms with Crippen LogP contribution in [0.15, 0.2) is 24.3 Å². The Morgan fingerprint density at radius 1 is 1.23 bits per heavy atom. The van der Waals surface area contributed by atoms with Crippen molar-refractivity contribution in [3.8, 4) is 0 Å². The highest BCUT2D eigenvalue weighted by Gasteiger charge is 2.17. The van der Waals surface area contributed by atoms with Crippen molar-refractivity contribution in [3.63, 3.8) is 0 Å². The summed E-state index contributed by atoms with van der Waals surface area (Å²) in [5.74, 6) is 0.0421. The van der Waals surface area contributed by atoms with Crippen molar-refractivity contribution in [2.24, 2.45) is 5.92 Å². The molecule has 8 heteroatoms. The van der Waals surface area contributed by atoms with Crippen LogP contribution >= 0.6 is 0 Å². The summed E-state index contributed by atoms with van der Waals surface area (Å²) in [7, 11) is 0. The summed E-state index contributed by atoms with van der Waals surface area (Å²) in [6.07, 6.45) is 0.207. The molecule has 0 radical (unpaired) electrons. The van der Waals surface area contributed by atoms with E-state index in [0.717, 1.165) is 13.1 Å². The fourth-order valence-electron chi connectivity index (χ4n) is 1.97. The summed E-state index contributed by atoms with van der Waals surface area (Å²) >= 11 is 0. The fraction of sp³-hybridized carbons (Fsp3) is 0.429. The van der Waals surface area contributed by atoms with E-state index in [-0.39, 0.29) is 30.5 Å². The number of carbonyl (C=O) groups is 2. The van der Waals surface area contributed by atoms with Gasteiger partial charge >= 0.3 is 0 Å². The molecular weight excluding hydrogens is 288 g/mol. The van der Waals surface area contributed by atoms with Crippen LogP contribution in [0, 0.1) is 16.0 Å². The summed E-state index contributed by atoms with van der Waals surface area (Å²) in [6.45, 7) is 2.74. The number of carbonyl (C=O) groups excluding carboxylic acids is 2. The molecule has 0 bridgehead atoms. The molecule has 1 heterocycles. The highest BCUT2D eigenvalue weighted by molar-refractivity contribution is 5.94. The molecule has 1 aliphatic rings. The average molecular weight is 306 g/mol. The standard InChI is InChI=1S/C14H18N4O4/c19-13(17-9-10-7-15-8-10)5-6-16-14(20)11-1-3-12(4-2-11)18(21)22/h1-4,10,15H,5-9H2,(H,16,20)(H,17,19). The van der Waals surface area contributed by atoms with Crippen molar-refractivity contribution in [2.45, 2.75) is 6.42 Å². The summed E-state index contributed by atoms with van der Waals surface area (Å²) < 4.78 is 0. The maximum Gasteiger partial charge on any atom is 0.269 e. The minimum absolute atomic E-state index is 0.0681. The second kappa shape index (κ2) is 7.51. The van der Waals surface area contributed by atoms with Gasteiger partial charge in [-0.2, -0.15) is 0 Å². The van der Waals surface area contributed by atoms with E-state index in [2.05, 4.69) is 16.0 Å². The lowest BCUT2D eigenvalue weighted by Crippen LogP contribution is -2.48. The number of rotatable bonds is 7. The summed E-state index contributed by atoms with van der Waals surface area (Å²) in [5, 5.41) is 19.1. The molecule has 0 aliphatic carbocycles. The van der Waals surface area contributed by atoms with Crippen molar-refractivity contribution in [1.29, 1.82) is 0 Å². The predicted octanol–water partition coefficient (Wildman–Crippen LogP) is 0.0503. The lowest BCUT2D eigenvalue weighted by atomic mass is 10.0. The monoisotopic (exact) mass is 306 g/mol. The fourth-order valence-corrected chi connectivity index (χ4v) is 1.97. The van der Waals surface area contributed by atoms with E-state index in [1.54, 1.807) is 0 Å². The Morgan fingerprint density at radius 2 is 1.91 bits per heavy atom. The summed E-state index contributed by atoms with van der Waals surface area (Å²) in [6, 6.07) is 5.32. The lowest BCUT2D eigenvalue weighted by Gasteiger charge is -2.27. The first-order chi connectivity index (χ1) is 10.6. The highest BCUT2D eigenvalue weighted by atomic mass is 16.6. The van der Waals surface area contributed by atoms with Gasteiger partial charge in [-0.05, 0) is 12.1 Å². The number of amides is 2. The SMILES string of the molecule is O=C(CCNC(=O)c1ccc([N+](=O)[O-])cc1)NCC1CNC1. The number of nitrogens with zero attached hydrogens (tertiary/aromatic N) is 1. The molecule has 1 aliphatic heterocycles.